The van der Waals surface area contributed by atoms with Crippen molar-refractivity contribution in [1.82, 2.24) is 9.96 Å². The van der Waals surface area contributed by atoms with Gasteiger partial charge < -0.3 is 9.32 Å². The zero-order chi connectivity index (χ0) is 22.8. The normalized spacial score (nSPS) is 11.8. The van der Waals surface area contributed by atoms with Crippen LogP contribution in [0.1, 0.15) is 15.2 Å². The van der Waals surface area contributed by atoms with Crippen LogP contribution >= 0.6 is 11.3 Å². The van der Waals surface area contributed by atoms with Crippen molar-refractivity contribution in [2.45, 2.75) is 11.8 Å². The Kier molecular flexibility index (Phi) is 6.63. The van der Waals surface area contributed by atoms with Crippen molar-refractivity contribution in [1.29, 1.82) is 0 Å². The van der Waals surface area contributed by atoms with Gasteiger partial charge in [-0.15, -0.1) is 15.7 Å². The van der Waals surface area contributed by atoms with Crippen LogP contribution < -0.4 is 0 Å². The first kappa shape index (κ1) is 22.7. The molecule has 0 aliphatic heterocycles. The minimum atomic E-state index is -3.82. The number of furan rings is 1. The summed E-state index contributed by atoms with van der Waals surface area (Å²) in [5.74, 6) is -0.298. The SMILES string of the molecule is CON(C)C(=O)c1sc(-c2ccoc2)c(C)c1-c1ccc(S(=O)(=O)N=CN(C)C)cc1. The van der Waals surface area contributed by atoms with Gasteiger partial charge in [0.2, 0.25) is 0 Å². The summed E-state index contributed by atoms with van der Waals surface area (Å²) in [6, 6.07) is 8.15. The Morgan fingerprint density at radius 1 is 1.13 bits per heavy atom. The molecule has 3 aromatic rings. The number of carbonyl (C=O) groups excluding carboxylic acids is 1. The van der Waals surface area contributed by atoms with E-state index in [4.69, 9.17) is 9.25 Å². The minimum absolute atomic E-state index is 0.0687. The van der Waals surface area contributed by atoms with Gasteiger partial charge in [-0.2, -0.15) is 8.42 Å². The third kappa shape index (κ3) is 4.71. The highest BCUT2D eigenvalue weighted by Gasteiger charge is 2.25. The number of benzene rings is 1. The molecular weight excluding hydrogens is 438 g/mol. The Labute approximate surface area is 185 Å². The molecule has 3 rings (SSSR count). The van der Waals surface area contributed by atoms with E-state index in [0.717, 1.165) is 26.6 Å². The topological polar surface area (TPSA) is 92.4 Å². The molecule has 0 saturated heterocycles. The van der Waals surface area contributed by atoms with Gasteiger partial charge >= 0.3 is 0 Å². The lowest BCUT2D eigenvalue weighted by Crippen LogP contribution is -2.25. The number of hydrogen-bond acceptors (Lipinski definition) is 6. The van der Waals surface area contributed by atoms with E-state index >= 15 is 0 Å². The monoisotopic (exact) mass is 461 g/mol. The zero-order valence-electron chi connectivity index (χ0n) is 17.8. The van der Waals surface area contributed by atoms with Crippen LogP contribution in [-0.4, -0.2) is 58.9 Å². The van der Waals surface area contributed by atoms with Gasteiger partial charge in [0.05, 0.1) is 24.5 Å². The van der Waals surface area contributed by atoms with Crippen molar-refractivity contribution < 1.29 is 22.5 Å². The van der Waals surface area contributed by atoms with Gasteiger partial charge in [-0.3, -0.25) is 9.63 Å². The van der Waals surface area contributed by atoms with E-state index in [1.165, 1.54) is 44.0 Å². The van der Waals surface area contributed by atoms with Crippen molar-refractivity contribution in [3.8, 4) is 21.6 Å². The van der Waals surface area contributed by atoms with Gasteiger partial charge in [0.15, 0.2) is 0 Å². The van der Waals surface area contributed by atoms with E-state index in [9.17, 15) is 13.2 Å². The minimum Gasteiger partial charge on any atom is -0.472 e. The molecule has 10 heteroatoms. The van der Waals surface area contributed by atoms with Crippen molar-refractivity contribution in [2.24, 2.45) is 4.40 Å². The molecule has 0 saturated carbocycles. The molecule has 0 bridgehead atoms. The number of nitrogens with zero attached hydrogens (tertiary/aromatic N) is 3. The lowest BCUT2D eigenvalue weighted by atomic mass is 9.99. The molecule has 0 atom stereocenters. The van der Waals surface area contributed by atoms with Crippen LogP contribution in [0.2, 0.25) is 0 Å². The number of hydrogen-bond donors (Lipinski definition) is 0. The van der Waals surface area contributed by atoms with Crippen LogP contribution in [0.15, 0.2) is 56.6 Å². The molecule has 164 valence electrons. The number of hydroxylamine groups is 2. The average Bonchev–Trinajstić information content (AvgIpc) is 3.39. The molecule has 1 aromatic carbocycles. The van der Waals surface area contributed by atoms with Crippen LogP contribution in [0.5, 0.6) is 0 Å². The van der Waals surface area contributed by atoms with E-state index in [2.05, 4.69) is 4.40 Å². The summed E-state index contributed by atoms with van der Waals surface area (Å²) in [7, 11) is 2.52. The van der Waals surface area contributed by atoms with Gasteiger partial charge in [-0.05, 0) is 36.2 Å². The van der Waals surface area contributed by atoms with E-state index in [1.54, 1.807) is 43.7 Å². The van der Waals surface area contributed by atoms with Crippen LogP contribution in [0, 0.1) is 6.92 Å². The molecule has 0 aliphatic rings. The molecule has 0 radical (unpaired) electrons. The van der Waals surface area contributed by atoms with E-state index in [1.807, 2.05) is 13.0 Å². The lowest BCUT2D eigenvalue weighted by Gasteiger charge is -2.14. The van der Waals surface area contributed by atoms with Gasteiger partial charge in [0.1, 0.15) is 11.2 Å². The number of carbonyl (C=O) groups is 1. The van der Waals surface area contributed by atoms with E-state index in [-0.39, 0.29) is 10.8 Å². The van der Waals surface area contributed by atoms with Gasteiger partial charge in [0.25, 0.3) is 15.9 Å². The number of thiophene rings is 1. The third-order valence-corrected chi connectivity index (χ3v) is 7.11. The van der Waals surface area contributed by atoms with Gasteiger partial charge in [-0.25, -0.2) is 5.06 Å². The average molecular weight is 462 g/mol. The summed E-state index contributed by atoms with van der Waals surface area (Å²) in [5, 5.41) is 1.16. The summed E-state index contributed by atoms with van der Waals surface area (Å²) >= 11 is 1.33. The predicted molar refractivity (Wildman–Crippen MR) is 121 cm³/mol. The second-order valence-electron chi connectivity index (χ2n) is 6.94. The van der Waals surface area contributed by atoms with E-state index in [0.29, 0.717) is 10.4 Å². The molecule has 0 N–H and O–H groups in total. The Bertz CT molecular complexity index is 1190. The second kappa shape index (κ2) is 9.04. The standard InChI is InChI=1S/C21H23N3O5S2/c1-14-18(15-6-8-17(9-7-15)31(26,27)22-13-23(2)3)20(21(25)24(4)28-5)30-19(14)16-10-11-29-12-16/h6-13H,1-5H3. The molecule has 0 unspecified atom stereocenters. The van der Waals surface area contributed by atoms with Crippen molar-refractivity contribution >= 4 is 33.6 Å². The highest BCUT2D eigenvalue weighted by Crippen LogP contribution is 2.42. The van der Waals surface area contributed by atoms with Crippen LogP contribution in [0.4, 0.5) is 0 Å². The first-order valence-corrected chi connectivity index (χ1v) is 11.5. The molecule has 0 spiro atoms. The fraction of sp³-hybridized carbons (Fsp3) is 0.238. The molecule has 2 aromatic heterocycles. The first-order chi connectivity index (χ1) is 14.7. The Balaban J connectivity index is 2.10. The van der Waals surface area contributed by atoms with Gasteiger partial charge in [0, 0.05) is 37.1 Å². The Morgan fingerprint density at radius 3 is 2.35 bits per heavy atom. The smallest absolute Gasteiger partial charge is 0.287 e. The van der Waals surface area contributed by atoms with Crippen LogP contribution in [0.3, 0.4) is 0 Å². The lowest BCUT2D eigenvalue weighted by molar-refractivity contribution is -0.0753. The maximum absolute atomic E-state index is 12.9. The zero-order valence-corrected chi connectivity index (χ0v) is 19.5. The van der Waals surface area contributed by atoms with Gasteiger partial charge in [-0.1, -0.05) is 12.1 Å². The molecule has 8 nitrogen and oxygen atoms in total. The van der Waals surface area contributed by atoms with Crippen molar-refractivity contribution in [3.63, 3.8) is 0 Å². The summed E-state index contributed by atoms with van der Waals surface area (Å²) in [6.45, 7) is 1.92. The quantitative estimate of drug-likeness (QED) is 0.301. The largest absolute Gasteiger partial charge is 0.472 e. The Morgan fingerprint density at radius 2 is 1.81 bits per heavy atom. The fourth-order valence-electron chi connectivity index (χ4n) is 2.92. The molecule has 0 fully saturated rings. The fourth-order valence-corrected chi connectivity index (χ4v) is 5.11. The van der Waals surface area contributed by atoms with Crippen LogP contribution in [-0.2, 0) is 14.9 Å². The number of amides is 1. The highest BCUT2D eigenvalue weighted by molar-refractivity contribution is 7.90. The Hall–Kier alpha value is -2.95. The summed E-state index contributed by atoms with van der Waals surface area (Å²) in [5.41, 5.74) is 3.18. The van der Waals surface area contributed by atoms with Crippen LogP contribution in [0.25, 0.3) is 21.6 Å². The van der Waals surface area contributed by atoms with Crippen molar-refractivity contribution in [2.75, 3.05) is 28.3 Å². The number of sulfonamides is 1. The molecular formula is C21H23N3O5S2. The molecule has 31 heavy (non-hydrogen) atoms. The maximum atomic E-state index is 12.9. The molecule has 2 heterocycles. The van der Waals surface area contributed by atoms with E-state index < -0.39 is 10.0 Å². The summed E-state index contributed by atoms with van der Waals surface area (Å²) < 4.78 is 33.7. The second-order valence-corrected chi connectivity index (χ2v) is 9.59. The maximum Gasteiger partial charge on any atom is 0.287 e. The number of rotatable bonds is 7. The third-order valence-electron chi connectivity index (χ3n) is 4.54. The van der Waals surface area contributed by atoms with Crippen molar-refractivity contribution in [3.05, 3.63) is 53.3 Å². The highest BCUT2D eigenvalue weighted by atomic mass is 32.2. The summed E-state index contributed by atoms with van der Waals surface area (Å²) in [4.78, 5) is 21.0. The first-order valence-electron chi connectivity index (χ1n) is 9.21. The molecule has 0 aliphatic carbocycles. The predicted octanol–water partition coefficient (Wildman–Crippen LogP) is 3.90. The summed E-state index contributed by atoms with van der Waals surface area (Å²) in [6.07, 6.45) is 4.43. The molecule has 1 amide bonds.